The van der Waals surface area contributed by atoms with Gasteiger partial charge in [-0.05, 0) is 37.1 Å². The molecule has 25 heavy (non-hydrogen) atoms. The summed E-state index contributed by atoms with van der Waals surface area (Å²) in [5, 5.41) is 6.79. The molecule has 0 aliphatic heterocycles. The monoisotopic (exact) mass is 334 g/mol. The molecule has 0 saturated carbocycles. The van der Waals surface area contributed by atoms with Crippen molar-refractivity contribution in [3.63, 3.8) is 0 Å². The van der Waals surface area contributed by atoms with E-state index in [1.165, 1.54) is 0 Å². The van der Waals surface area contributed by atoms with Crippen LogP contribution in [-0.4, -0.2) is 22.0 Å². The molecule has 0 aliphatic carbocycles. The molecule has 0 unspecified atom stereocenters. The maximum absolute atomic E-state index is 12.2. The van der Waals surface area contributed by atoms with Crippen LogP contribution >= 0.6 is 0 Å². The number of hydrazine groups is 1. The van der Waals surface area contributed by atoms with E-state index in [9.17, 15) is 9.59 Å². The number of benzene rings is 2. The predicted octanol–water partition coefficient (Wildman–Crippen LogP) is 2.77. The van der Waals surface area contributed by atoms with Gasteiger partial charge >= 0.3 is 0 Å². The minimum absolute atomic E-state index is 0.264. The molecular weight excluding hydrogens is 316 g/mol. The van der Waals surface area contributed by atoms with E-state index in [1.807, 2.05) is 50.2 Å². The highest BCUT2D eigenvalue weighted by Gasteiger charge is 2.14. The standard InChI is InChI=1S/C19H18N4O2/c1-12-7-6-10-15(13(12)2)18(24)22-23-19(25)17-11-16(20-21-17)14-8-4-3-5-9-14/h3-11H,1-2H3,(H,20,21)(H,22,24)(H,23,25). The maximum Gasteiger partial charge on any atom is 0.287 e. The number of amides is 2. The molecule has 0 fully saturated rings. The molecule has 6 heteroatoms. The van der Waals surface area contributed by atoms with Gasteiger partial charge in [0.25, 0.3) is 11.8 Å². The van der Waals surface area contributed by atoms with Crippen molar-refractivity contribution in [2.24, 2.45) is 0 Å². The number of rotatable bonds is 3. The Kier molecular flexibility index (Phi) is 4.61. The molecule has 3 N–H and O–H groups in total. The van der Waals surface area contributed by atoms with Gasteiger partial charge in [0.15, 0.2) is 0 Å². The highest BCUT2D eigenvalue weighted by atomic mass is 16.2. The summed E-state index contributed by atoms with van der Waals surface area (Å²) in [7, 11) is 0. The number of hydrogen-bond donors (Lipinski definition) is 3. The lowest BCUT2D eigenvalue weighted by atomic mass is 10.0. The van der Waals surface area contributed by atoms with Gasteiger partial charge < -0.3 is 0 Å². The third-order valence-corrected chi connectivity index (χ3v) is 4.03. The summed E-state index contributed by atoms with van der Waals surface area (Å²) in [6.45, 7) is 3.80. The Morgan fingerprint density at radius 1 is 0.920 bits per heavy atom. The van der Waals surface area contributed by atoms with E-state index in [-0.39, 0.29) is 11.6 Å². The first-order valence-electron chi connectivity index (χ1n) is 7.84. The second kappa shape index (κ2) is 7.00. The maximum atomic E-state index is 12.2. The first-order valence-corrected chi connectivity index (χ1v) is 7.84. The Hall–Kier alpha value is -3.41. The summed E-state index contributed by atoms with van der Waals surface area (Å²) in [6.07, 6.45) is 0. The van der Waals surface area contributed by atoms with Crippen LogP contribution in [0.4, 0.5) is 0 Å². The number of carbonyl (C=O) groups excluding carboxylic acids is 2. The number of hydrogen-bond acceptors (Lipinski definition) is 3. The van der Waals surface area contributed by atoms with E-state index in [0.717, 1.165) is 16.7 Å². The van der Waals surface area contributed by atoms with Gasteiger partial charge in [-0.15, -0.1) is 0 Å². The van der Waals surface area contributed by atoms with Crippen molar-refractivity contribution < 1.29 is 9.59 Å². The van der Waals surface area contributed by atoms with E-state index in [0.29, 0.717) is 11.3 Å². The Morgan fingerprint density at radius 3 is 2.40 bits per heavy atom. The Labute approximate surface area is 145 Å². The summed E-state index contributed by atoms with van der Waals surface area (Å²) < 4.78 is 0. The van der Waals surface area contributed by atoms with Crippen molar-refractivity contribution >= 4 is 11.8 Å². The third kappa shape index (κ3) is 3.58. The van der Waals surface area contributed by atoms with Crippen LogP contribution in [0.1, 0.15) is 32.0 Å². The predicted molar refractivity (Wildman–Crippen MR) is 94.9 cm³/mol. The van der Waals surface area contributed by atoms with Gasteiger partial charge in [0.2, 0.25) is 0 Å². The average Bonchev–Trinajstić information content (AvgIpc) is 3.13. The molecule has 3 aromatic rings. The van der Waals surface area contributed by atoms with Gasteiger partial charge in [0.05, 0.1) is 5.69 Å². The topological polar surface area (TPSA) is 86.9 Å². The fourth-order valence-corrected chi connectivity index (χ4v) is 2.44. The summed E-state index contributed by atoms with van der Waals surface area (Å²) >= 11 is 0. The van der Waals surface area contributed by atoms with E-state index in [4.69, 9.17) is 0 Å². The molecule has 0 spiro atoms. The quantitative estimate of drug-likeness (QED) is 0.644. The highest BCUT2D eigenvalue weighted by molar-refractivity contribution is 5.99. The fourth-order valence-electron chi connectivity index (χ4n) is 2.44. The minimum atomic E-state index is -0.465. The molecule has 6 nitrogen and oxygen atoms in total. The van der Waals surface area contributed by atoms with Crippen LogP contribution in [0.3, 0.4) is 0 Å². The summed E-state index contributed by atoms with van der Waals surface area (Å²) in [5.74, 6) is -0.828. The lowest BCUT2D eigenvalue weighted by molar-refractivity contribution is 0.0843. The van der Waals surface area contributed by atoms with Crippen LogP contribution in [0.2, 0.25) is 0 Å². The molecule has 0 atom stereocenters. The molecule has 3 rings (SSSR count). The van der Waals surface area contributed by atoms with Crippen LogP contribution in [0, 0.1) is 13.8 Å². The Bertz CT molecular complexity index is 916. The van der Waals surface area contributed by atoms with Gasteiger partial charge in [0, 0.05) is 11.1 Å². The smallest absolute Gasteiger partial charge is 0.272 e. The van der Waals surface area contributed by atoms with Crippen LogP contribution in [-0.2, 0) is 0 Å². The molecule has 1 heterocycles. The molecular formula is C19H18N4O2. The molecule has 0 aliphatic rings. The molecule has 2 aromatic carbocycles. The summed E-state index contributed by atoms with van der Waals surface area (Å²) in [6, 6.07) is 16.6. The van der Waals surface area contributed by atoms with Crippen molar-refractivity contribution in [1.29, 1.82) is 0 Å². The Balaban J connectivity index is 1.66. The first kappa shape index (κ1) is 16.4. The van der Waals surface area contributed by atoms with E-state index in [2.05, 4.69) is 21.0 Å². The zero-order valence-corrected chi connectivity index (χ0v) is 14.0. The van der Waals surface area contributed by atoms with Crippen LogP contribution in [0.15, 0.2) is 54.6 Å². The molecule has 2 amide bonds. The number of carbonyl (C=O) groups is 2. The molecule has 0 saturated heterocycles. The third-order valence-electron chi connectivity index (χ3n) is 4.03. The van der Waals surface area contributed by atoms with E-state index >= 15 is 0 Å². The van der Waals surface area contributed by atoms with E-state index < -0.39 is 5.91 Å². The average molecular weight is 334 g/mol. The van der Waals surface area contributed by atoms with Crippen LogP contribution < -0.4 is 10.9 Å². The van der Waals surface area contributed by atoms with Crippen molar-refractivity contribution in [3.05, 3.63) is 77.0 Å². The van der Waals surface area contributed by atoms with Gasteiger partial charge in [-0.25, -0.2) is 0 Å². The van der Waals surface area contributed by atoms with Crippen LogP contribution in [0.25, 0.3) is 11.3 Å². The van der Waals surface area contributed by atoms with Crippen molar-refractivity contribution in [2.75, 3.05) is 0 Å². The van der Waals surface area contributed by atoms with Crippen molar-refractivity contribution in [2.45, 2.75) is 13.8 Å². The van der Waals surface area contributed by atoms with Gasteiger partial charge in [-0.1, -0.05) is 42.5 Å². The number of nitrogens with one attached hydrogen (secondary N) is 3. The minimum Gasteiger partial charge on any atom is -0.272 e. The first-order chi connectivity index (χ1) is 12.1. The van der Waals surface area contributed by atoms with Crippen molar-refractivity contribution in [3.8, 4) is 11.3 Å². The second-order valence-corrected chi connectivity index (χ2v) is 5.69. The number of aryl methyl sites for hydroxylation is 1. The molecule has 1 aromatic heterocycles. The zero-order valence-electron chi connectivity index (χ0n) is 14.0. The van der Waals surface area contributed by atoms with E-state index in [1.54, 1.807) is 18.2 Å². The number of aromatic nitrogens is 2. The van der Waals surface area contributed by atoms with Crippen LogP contribution in [0.5, 0.6) is 0 Å². The van der Waals surface area contributed by atoms with Gasteiger partial charge in [0.1, 0.15) is 5.69 Å². The highest BCUT2D eigenvalue weighted by Crippen LogP contribution is 2.16. The lowest BCUT2D eigenvalue weighted by Crippen LogP contribution is -2.42. The zero-order chi connectivity index (χ0) is 17.8. The molecule has 0 radical (unpaired) electrons. The summed E-state index contributed by atoms with van der Waals surface area (Å²) in [5.41, 5.74) is 9.06. The second-order valence-electron chi connectivity index (χ2n) is 5.69. The largest absolute Gasteiger partial charge is 0.287 e. The summed E-state index contributed by atoms with van der Waals surface area (Å²) in [4.78, 5) is 24.4. The number of nitrogens with zero attached hydrogens (tertiary/aromatic N) is 1. The van der Waals surface area contributed by atoms with Gasteiger partial charge in [-0.3, -0.25) is 25.5 Å². The number of H-pyrrole nitrogens is 1. The normalized spacial score (nSPS) is 10.3. The molecule has 0 bridgehead atoms. The van der Waals surface area contributed by atoms with Crippen molar-refractivity contribution in [1.82, 2.24) is 21.0 Å². The number of aromatic amines is 1. The lowest BCUT2D eigenvalue weighted by Gasteiger charge is -2.09. The SMILES string of the molecule is Cc1cccc(C(=O)NNC(=O)c2cc(-c3ccccc3)n[nH]2)c1C. The molecule has 126 valence electrons. The fraction of sp³-hybridized carbons (Fsp3) is 0.105. The Morgan fingerprint density at radius 2 is 1.64 bits per heavy atom. The van der Waals surface area contributed by atoms with Gasteiger partial charge in [-0.2, -0.15) is 5.10 Å².